The van der Waals surface area contributed by atoms with E-state index < -0.39 is 0 Å². The molecule has 2 aliphatic heterocycles. The van der Waals surface area contributed by atoms with E-state index in [1.54, 1.807) is 7.11 Å². The summed E-state index contributed by atoms with van der Waals surface area (Å²) in [4.78, 5) is 12.0. The molecule has 0 aliphatic carbocycles. The van der Waals surface area contributed by atoms with Crippen molar-refractivity contribution in [1.29, 1.82) is 0 Å². The van der Waals surface area contributed by atoms with Crippen molar-refractivity contribution in [3.63, 3.8) is 0 Å². The van der Waals surface area contributed by atoms with E-state index in [1.807, 2.05) is 18.2 Å². The van der Waals surface area contributed by atoms with Crippen LogP contribution in [0, 0.1) is 0 Å². The molecule has 17 heavy (non-hydrogen) atoms. The van der Waals surface area contributed by atoms with Crippen LogP contribution >= 0.6 is 0 Å². The van der Waals surface area contributed by atoms with Crippen LogP contribution in [0.1, 0.15) is 28.8 Å². The maximum Gasteiger partial charge on any atom is 0.252 e. The van der Waals surface area contributed by atoms with Gasteiger partial charge in [-0.15, -0.1) is 0 Å². The van der Waals surface area contributed by atoms with Crippen molar-refractivity contribution in [2.45, 2.75) is 18.4 Å². The van der Waals surface area contributed by atoms with Crippen LogP contribution in [0.5, 0.6) is 5.75 Å². The average Bonchev–Trinajstić information content (AvgIpc) is 2.64. The first-order chi connectivity index (χ1) is 8.27. The Labute approximate surface area is 100 Å². The molecule has 90 valence electrons. The lowest BCUT2D eigenvalue weighted by Gasteiger charge is -2.35. The molecule has 4 heteroatoms. The summed E-state index contributed by atoms with van der Waals surface area (Å²) in [6, 6.07) is 5.68. The van der Waals surface area contributed by atoms with Gasteiger partial charge in [0.25, 0.3) is 5.91 Å². The Morgan fingerprint density at radius 2 is 2.06 bits per heavy atom. The van der Waals surface area contributed by atoms with Gasteiger partial charge in [-0.05, 0) is 38.1 Å². The summed E-state index contributed by atoms with van der Waals surface area (Å²) >= 11 is 0. The van der Waals surface area contributed by atoms with E-state index in [1.165, 1.54) is 0 Å². The lowest BCUT2D eigenvalue weighted by molar-refractivity contribution is 0.0913. The molecule has 0 radical (unpaired) electrons. The molecule has 4 nitrogen and oxygen atoms in total. The molecule has 3 rings (SSSR count). The fourth-order valence-electron chi connectivity index (χ4n) is 2.96. The maximum absolute atomic E-state index is 12.0. The molecule has 1 spiro atoms. The summed E-state index contributed by atoms with van der Waals surface area (Å²) < 4.78 is 5.42. The summed E-state index contributed by atoms with van der Waals surface area (Å²) in [6.45, 7) is 1.86. The van der Waals surface area contributed by atoms with Gasteiger partial charge in [0.1, 0.15) is 5.75 Å². The topological polar surface area (TPSA) is 50.4 Å². The second kappa shape index (κ2) is 3.74. The van der Waals surface area contributed by atoms with Crippen LogP contribution in [0.2, 0.25) is 0 Å². The number of carbonyl (C=O) groups is 1. The van der Waals surface area contributed by atoms with Crippen molar-refractivity contribution in [1.82, 2.24) is 10.6 Å². The molecule has 0 atom stereocenters. The number of amides is 1. The number of carbonyl (C=O) groups excluding carboxylic acids is 1. The monoisotopic (exact) mass is 232 g/mol. The Kier molecular flexibility index (Phi) is 2.33. The van der Waals surface area contributed by atoms with E-state index in [0.29, 0.717) is 0 Å². The minimum absolute atomic E-state index is 0.0285. The number of piperidine rings is 1. The first-order valence-electron chi connectivity index (χ1n) is 5.97. The molecule has 0 saturated carbocycles. The van der Waals surface area contributed by atoms with E-state index in [2.05, 4.69) is 10.6 Å². The smallest absolute Gasteiger partial charge is 0.252 e. The number of fused-ring (bicyclic) bond motifs is 2. The molecule has 2 N–H and O–H groups in total. The third kappa shape index (κ3) is 1.44. The van der Waals surface area contributed by atoms with Gasteiger partial charge >= 0.3 is 0 Å². The van der Waals surface area contributed by atoms with Crippen LogP contribution in [0.15, 0.2) is 18.2 Å². The minimum Gasteiger partial charge on any atom is -0.496 e. The van der Waals surface area contributed by atoms with E-state index in [-0.39, 0.29) is 11.4 Å². The molecular formula is C13H16N2O2. The van der Waals surface area contributed by atoms with Crippen molar-refractivity contribution in [3.05, 3.63) is 29.3 Å². The number of methoxy groups -OCH3 is 1. The Bertz CT molecular complexity index is 464. The Hall–Kier alpha value is -1.55. The molecule has 1 aromatic rings. The van der Waals surface area contributed by atoms with Crippen LogP contribution in [0.25, 0.3) is 0 Å². The molecule has 0 unspecified atom stereocenters. The van der Waals surface area contributed by atoms with Gasteiger partial charge < -0.3 is 15.4 Å². The quantitative estimate of drug-likeness (QED) is 0.760. The summed E-state index contributed by atoms with van der Waals surface area (Å²) in [5, 5.41) is 6.48. The highest BCUT2D eigenvalue weighted by molar-refractivity contribution is 6.00. The van der Waals surface area contributed by atoms with Gasteiger partial charge in [-0.1, -0.05) is 6.07 Å². The molecule has 1 fully saturated rings. The third-order valence-electron chi connectivity index (χ3n) is 3.78. The van der Waals surface area contributed by atoms with E-state index in [9.17, 15) is 4.79 Å². The van der Waals surface area contributed by atoms with Crippen molar-refractivity contribution < 1.29 is 9.53 Å². The van der Waals surface area contributed by atoms with Gasteiger partial charge in [-0.2, -0.15) is 0 Å². The Morgan fingerprint density at radius 3 is 2.76 bits per heavy atom. The van der Waals surface area contributed by atoms with Crippen molar-refractivity contribution in [3.8, 4) is 5.75 Å². The number of nitrogens with one attached hydrogen (secondary N) is 2. The van der Waals surface area contributed by atoms with Gasteiger partial charge in [0.2, 0.25) is 0 Å². The van der Waals surface area contributed by atoms with Gasteiger partial charge in [-0.3, -0.25) is 4.79 Å². The highest BCUT2D eigenvalue weighted by Crippen LogP contribution is 2.42. The van der Waals surface area contributed by atoms with Gasteiger partial charge in [0.05, 0.1) is 12.6 Å². The van der Waals surface area contributed by atoms with Gasteiger partial charge in [0, 0.05) is 11.1 Å². The van der Waals surface area contributed by atoms with Crippen LogP contribution in [-0.2, 0) is 5.54 Å². The number of benzene rings is 1. The normalized spacial score (nSPS) is 21.1. The van der Waals surface area contributed by atoms with Crippen molar-refractivity contribution in [2.24, 2.45) is 0 Å². The van der Waals surface area contributed by atoms with Gasteiger partial charge in [0.15, 0.2) is 0 Å². The molecule has 1 saturated heterocycles. The number of hydrogen-bond acceptors (Lipinski definition) is 3. The SMILES string of the molecule is COc1cccc2c1C1(CCNCC1)NC2=O. The van der Waals surface area contributed by atoms with E-state index >= 15 is 0 Å². The fourth-order valence-corrected chi connectivity index (χ4v) is 2.96. The molecule has 0 bridgehead atoms. The third-order valence-corrected chi connectivity index (χ3v) is 3.78. The minimum atomic E-state index is -0.218. The lowest BCUT2D eigenvalue weighted by Crippen LogP contribution is -2.47. The predicted octanol–water partition coefficient (Wildman–Crippen LogP) is 1.02. The van der Waals surface area contributed by atoms with E-state index in [0.717, 1.165) is 42.8 Å². The summed E-state index contributed by atoms with van der Waals surface area (Å²) in [7, 11) is 1.66. The summed E-state index contributed by atoms with van der Waals surface area (Å²) in [5.41, 5.74) is 1.60. The average molecular weight is 232 g/mol. The molecule has 2 heterocycles. The first kappa shape index (κ1) is 10.6. The molecule has 1 amide bonds. The van der Waals surface area contributed by atoms with Crippen molar-refractivity contribution in [2.75, 3.05) is 20.2 Å². The summed E-state index contributed by atoms with van der Waals surface area (Å²) in [6.07, 6.45) is 1.85. The molecule has 2 aliphatic rings. The standard InChI is InChI=1S/C13H16N2O2/c1-17-10-4-2-3-9-11(10)13(15-12(9)16)5-7-14-8-6-13/h2-4,14H,5-8H2,1H3,(H,15,16). The first-order valence-corrected chi connectivity index (χ1v) is 5.97. The van der Waals surface area contributed by atoms with Crippen LogP contribution in [0.4, 0.5) is 0 Å². The predicted molar refractivity (Wildman–Crippen MR) is 64.2 cm³/mol. The van der Waals surface area contributed by atoms with E-state index in [4.69, 9.17) is 4.74 Å². The zero-order chi connectivity index (χ0) is 11.9. The van der Waals surface area contributed by atoms with Crippen LogP contribution in [0.3, 0.4) is 0 Å². The lowest BCUT2D eigenvalue weighted by atomic mass is 9.82. The second-order valence-electron chi connectivity index (χ2n) is 4.67. The second-order valence-corrected chi connectivity index (χ2v) is 4.67. The molecule has 0 aromatic heterocycles. The highest BCUT2D eigenvalue weighted by Gasteiger charge is 2.45. The zero-order valence-electron chi connectivity index (χ0n) is 9.88. The molecule has 1 aromatic carbocycles. The highest BCUT2D eigenvalue weighted by atomic mass is 16.5. The maximum atomic E-state index is 12.0. The largest absolute Gasteiger partial charge is 0.496 e. The zero-order valence-corrected chi connectivity index (χ0v) is 9.88. The fraction of sp³-hybridized carbons (Fsp3) is 0.462. The Balaban J connectivity index is 2.16. The summed E-state index contributed by atoms with van der Waals surface area (Å²) in [5.74, 6) is 0.851. The van der Waals surface area contributed by atoms with Gasteiger partial charge in [-0.25, -0.2) is 0 Å². The number of hydrogen-bond donors (Lipinski definition) is 2. The van der Waals surface area contributed by atoms with Crippen LogP contribution in [-0.4, -0.2) is 26.1 Å². The van der Waals surface area contributed by atoms with Crippen molar-refractivity contribution >= 4 is 5.91 Å². The van der Waals surface area contributed by atoms with Crippen LogP contribution < -0.4 is 15.4 Å². The Morgan fingerprint density at radius 1 is 1.29 bits per heavy atom. The number of ether oxygens (including phenoxy) is 1. The molecular weight excluding hydrogens is 216 g/mol. The number of rotatable bonds is 1.